The van der Waals surface area contributed by atoms with E-state index in [0.29, 0.717) is 23.6 Å². The largest absolute Gasteiger partial charge is 0.461 e. The van der Waals surface area contributed by atoms with Gasteiger partial charge in [-0.2, -0.15) is 0 Å². The number of β-amino-alcohol motifs (C(OH)–C–C–N with tert-alkyl or cyclic N) is 1. The Bertz CT molecular complexity index is 763. The summed E-state index contributed by atoms with van der Waals surface area (Å²) >= 11 is 0. The maximum absolute atomic E-state index is 11.2. The summed E-state index contributed by atoms with van der Waals surface area (Å²) in [6.07, 6.45) is -0.672. The van der Waals surface area contributed by atoms with Gasteiger partial charge in [0.15, 0.2) is 0 Å². The van der Waals surface area contributed by atoms with Gasteiger partial charge in [-0.25, -0.2) is 0 Å². The standard InChI is InChI=1S/C22H29NO4/c1-15-6-9-19(10-7-15)27-21-11-8-17(12-18(21)14-26-16(2)24)20(25)13-23-22(3,4)5/h6-12,20,23,25H,13-14H2,1-5H3. The van der Waals surface area contributed by atoms with Gasteiger partial charge in [0.25, 0.3) is 0 Å². The molecule has 0 heterocycles. The van der Waals surface area contributed by atoms with Gasteiger partial charge in [0.2, 0.25) is 0 Å². The molecule has 0 radical (unpaired) electrons. The van der Waals surface area contributed by atoms with Crippen molar-refractivity contribution in [2.45, 2.75) is 52.9 Å². The van der Waals surface area contributed by atoms with Crippen LogP contribution in [0.25, 0.3) is 0 Å². The lowest BCUT2D eigenvalue weighted by Crippen LogP contribution is -2.38. The van der Waals surface area contributed by atoms with Crippen LogP contribution in [0.1, 0.15) is 50.5 Å². The summed E-state index contributed by atoms with van der Waals surface area (Å²) in [6, 6.07) is 13.2. The molecule has 0 saturated heterocycles. The van der Waals surface area contributed by atoms with Crippen molar-refractivity contribution in [1.29, 1.82) is 0 Å². The minimum atomic E-state index is -0.672. The molecule has 2 N–H and O–H groups in total. The molecule has 0 spiro atoms. The lowest BCUT2D eigenvalue weighted by Gasteiger charge is -2.23. The van der Waals surface area contributed by atoms with Crippen LogP contribution in [-0.4, -0.2) is 23.2 Å². The summed E-state index contributed by atoms with van der Waals surface area (Å²) < 4.78 is 11.1. The fraction of sp³-hybridized carbons (Fsp3) is 0.409. The Balaban J connectivity index is 2.22. The smallest absolute Gasteiger partial charge is 0.302 e. The number of hydrogen-bond acceptors (Lipinski definition) is 5. The molecule has 27 heavy (non-hydrogen) atoms. The first-order valence-corrected chi connectivity index (χ1v) is 9.08. The molecule has 1 unspecified atom stereocenters. The number of hydrogen-bond donors (Lipinski definition) is 2. The molecule has 0 aliphatic carbocycles. The number of esters is 1. The number of nitrogens with one attached hydrogen (secondary N) is 1. The molecule has 5 nitrogen and oxygen atoms in total. The van der Waals surface area contributed by atoms with E-state index < -0.39 is 6.10 Å². The van der Waals surface area contributed by atoms with E-state index in [1.165, 1.54) is 6.92 Å². The highest BCUT2D eigenvalue weighted by Gasteiger charge is 2.16. The maximum Gasteiger partial charge on any atom is 0.302 e. The summed E-state index contributed by atoms with van der Waals surface area (Å²) in [5.74, 6) is 0.934. The fourth-order valence-electron chi connectivity index (χ4n) is 2.45. The summed E-state index contributed by atoms with van der Waals surface area (Å²) in [5.41, 5.74) is 2.51. The Morgan fingerprint density at radius 3 is 2.41 bits per heavy atom. The van der Waals surface area contributed by atoms with E-state index in [0.717, 1.165) is 11.1 Å². The number of aryl methyl sites for hydroxylation is 1. The van der Waals surface area contributed by atoms with Crippen molar-refractivity contribution in [2.75, 3.05) is 6.54 Å². The van der Waals surface area contributed by atoms with Gasteiger partial charge in [-0.05, 0) is 57.5 Å². The predicted molar refractivity (Wildman–Crippen MR) is 106 cm³/mol. The van der Waals surface area contributed by atoms with Crippen LogP contribution in [0.4, 0.5) is 0 Å². The molecule has 2 aromatic rings. The van der Waals surface area contributed by atoms with E-state index in [2.05, 4.69) is 5.32 Å². The first-order chi connectivity index (χ1) is 12.6. The summed E-state index contributed by atoms with van der Waals surface area (Å²) in [7, 11) is 0. The lowest BCUT2D eigenvalue weighted by molar-refractivity contribution is -0.142. The van der Waals surface area contributed by atoms with E-state index in [4.69, 9.17) is 9.47 Å². The van der Waals surface area contributed by atoms with Gasteiger partial charge >= 0.3 is 5.97 Å². The third-order valence-corrected chi connectivity index (χ3v) is 3.97. The van der Waals surface area contributed by atoms with Gasteiger partial charge in [0.05, 0.1) is 6.10 Å². The molecule has 0 aromatic heterocycles. The monoisotopic (exact) mass is 371 g/mol. The third kappa shape index (κ3) is 7.04. The zero-order valence-electron chi connectivity index (χ0n) is 16.7. The second kappa shape index (κ2) is 9.02. The molecule has 0 bridgehead atoms. The van der Waals surface area contributed by atoms with Crippen molar-refractivity contribution in [3.8, 4) is 11.5 Å². The second-order valence-electron chi connectivity index (χ2n) is 7.71. The number of aliphatic hydroxyl groups is 1. The van der Waals surface area contributed by atoms with Crippen LogP contribution >= 0.6 is 0 Å². The SMILES string of the molecule is CC(=O)OCc1cc(C(O)CNC(C)(C)C)ccc1Oc1ccc(C)cc1. The number of benzene rings is 2. The van der Waals surface area contributed by atoms with Crippen molar-refractivity contribution in [1.82, 2.24) is 5.32 Å². The van der Waals surface area contributed by atoms with Crippen molar-refractivity contribution in [2.24, 2.45) is 0 Å². The Hall–Kier alpha value is -2.37. The minimum absolute atomic E-state index is 0.0871. The molecular formula is C22H29NO4. The molecule has 0 saturated carbocycles. The Kier molecular flexibility index (Phi) is 6.99. The van der Waals surface area contributed by atoms with Gasteiger partial charge < -0.3 is 19.9 Å². The molecule has 0 fully saturated rings. The number of ether oxygens (including phenoxy) is 2. The van der Waals surface area contributed by atoms with E-state index in [9.17, 15) is 9.90 Å². The topological polar surface area (TPSA) is 67.8 Å². The van der Waals surface area contributed by atoms with Crippen LogP contribution < -0.4 is 10.1 Å². The van der Waals surface area contributed by atoms with Crippen molar-refractivity contribution < 1.29 is 19.4 Å². The van der Waals surface area contributed by atoms with E-state index >= 15 is 0 Å². The van der Waals surface area contributed by atoms with Crippen LogP contribution in [0.5, 0.6) is 11.5 Å². The van der Waals surface area contributed by atoms with Gasteiger partial charge in [-0.15, -0.1) is 0 Å². The van der Waals surface area contributed by atoms with Crippen LogP contribution in [-0.2, 0) is 16.1 Å². The molecule has 0 aliphatic heterocycles. The first kappa shape index (κ1) is 20.9. The van der Waals surface area contributed by atoms with Gasteiger partial charge in [-0.3, -0.25) is 4.79 Å². The highest BCUT2D eigenvalue weighted by molar-refractivity contribution is 5.66. The van der Waals surface area contributed by atoms with E-state index in [-0.39, 0.29) is 18.1 Å². The highest BCUT2D eigenvalue weighted by Crippen LogP contribution is 2.29. The van der Waals surface area contributed by atoms with E-state index in [1.807, 2.05) is 64.1 Å². The Labute approximate surface area is 161 Å². The van der Waals surface area contributed by atoms with Crippen molar-refractivity contribution in [3.63, 3.8) is 0 Å². The first-order valence-electron chi connectivity index (χ1n) is 9.08. The molecule has 0 amide bonds. The minimum Gasteiger partial charge on any atom is -0.461 e. The molecule has 2 aromatic carbocycles. The molecule has 1 atom stereocenters. The zero-order chi connectivity index (χ0) is 20.0. The molecular weight excluding hydrogens is 342 g/mol. The summed E-state index contributed by atoms with van der Waals surface area (Å²) in [4.78, 5) is 11.2. The molecule has 2 rings (SSSR count). The summed E-state index contributed by atoms with van der Waals surface area (Å²) in [5, 5.41) is 13.8. The Morgan fingerprint density at radius 2 is 1.81 bits per heavy atom. The van der Waals surface area contributed by atoms with Gasteiger partial charge in [0, 0.05) is 24.6 Å². The normalized spacial score (nSPS) is 12.5. The second-order valence-corrected chi connectivity index (χ2v) is 7.71. The average Bonchev–Trinajstić information content (AvgIpc) is 2.60. The van der Waals surface area contributed by atoms with Crippen molar-refractivity contribution >= 4 is 5.97 Å². The van der Waals surface area contributed by atoms with Gasteiger partial charge in [0.1, 0.15) is 18.1 Å². The zero-order valence-corrected chi connectivity index (χ0v) is 16.7. The quantitative estimate of drug-likeness (QED) is 0.712. The number of rotatable bonds is 7. The third-order valence-electron chi connectivity index (χ3n) is 3.97. The fourth-order valence-corrected chi connectivity index (χ4v) is 2.45. The molecule has 146 valence electrons. The van der Waals surface area contributed by atoms with Crippen LogP contribution in [0.3, 0.4) is 0 Å². The predicted octanol–water partition coefficient (Wildman–Crippen LogP) is 4.27. The molecule has 0 aliphatic rings. The number of carbonyl (C=O) groups excluding carboxylic acids is 1. The van der Waals surface area contributed by atoms with E-state index in [1.54, 1.807) is 6.07 Å². The average molecular weight is 371 g/mol. The number of carbonyl (C=O) groups is 1. The highest BCUT2D eigenvalue weighted by atomic mass is 16.5. The van der Waals surface area contributed by atoms with Crippen LogP contribution in [0.2, 0.25) is 0 Å². The van der Waals surface area contributed by atoms with Crippen LogP contribution in [0.15, 0.2) is 42.5 Å². The van der Waals surface area contributed by atoms with Gasteiger partial charge in [-0.1, -0.05) is 23.8 Å². The molecule has 5 heteroatoms. The maximum atomic E-state index is 11.2. The lowest BCUT2D eigenvalue weighted by atomic mass is 10.0. The number of aliphatic hydroxyl groups excluding tert-OH is 1. The summed E-state index contributed by atoms with van der Waals surface area (Å²) in [6.45, 7) is 10.0. The Morgan fingerprint density at radius 1 is 1.15 bits per heavy atom. The van der Waals surface area contributed by atoms with Crippen molar-refractivity contribution in [3.05, 3.63) is 59.2 Å². The van der Waals surface area contributed by atoms with Crippen LogP contribution in [0, 0.1) is 6.92 Å².